The van der Waals surface area contributed by atoms with Crippen LogP contribution in [0.15, 0.2) is 16.9 Å². The molecule has 1 rings (SSSR count). The standard InChI is InChI=1S/C8H10BrNO2/c9-8-4-10-3-6(1-2-11)7(8)5-12/h3-4,11-12H,1-2,5H2. The van der Waals surface area contributed by atoms with E-state index in [4.69, 9.17) is 10.2 Å². The Balaban J connectivity index is 3.00. The van der Waals surface area contributed by atoms with Crippen molar-refractivity contribution in [3.05, 3.63) is 28.0 Å². The smallest absolute Gasteiger partial charge is 0.0696 e. The predicted octanol–water partition coefficient (Wildman–Crippen LogP) is 0.871. The molecule has 66 valence electrons. The molecule has 12 heavy (non-hydrogen) atoms. The van der Waals surface area contributed by atoms with Crippen molar-refractivity contribution in [1.82, 2.24) is 4.98 Å². The first-order valence-electron chi connectivity index (χ1n) is 3.62. The summed E-state index contributed by atoms with van der Waals surface area (Å²) >= 11 is 3.27. The molecule has 0 saturated carbocycles. The van der Waals surface area contributed by atoms with Crippen LogP contribution in [0, 0.1) is 0 Å². The first-order valence-corrected chi connectivity index (χ1v) is 4.42. The number of rotatable bonds is 3. The molecule has 0 fully saturated rings. The summed E-state index contributed by atoms with van der Waals surface area (Å²) in [5, 5.41) is 17.7. The predicted molar refractivity (Wildman–Crippen MR) is 48.6 cm³/mol. The Morgan fingerprint density at radius 1 is 1.33 bits per heavy atom. The molecule has 0 saturated heterocycles. The van der Waals surface area contributed by atoms with Gasteiger partial charge in [0, 0.05) is 23.5 Å². The number of halogens is 1. The van der Waals surface area contributed by atoms with Crippen molar-refractivity contribution in [2.45, 2.75) is 13.0 Å². The molecule has 2 N–H and O–H groups in total. The van der Waals surface area contributed by atoms with Crippen molar-refractivity contribution in [3.63, 3.8) is 0 Å². The lowest BCUT2D eigenvalue weighted by Crippen LogP contribution is -1.99. The Morgan fingerprint density at radius 3 is 2.67 bits per heavy atom. The van der Waals surface area contributed by atoms with Crippen LogP contribution in [0.1, 0.15) is 11.1 Å². The minimum absolute atomic E-state index is 0.0293. The molecule has 0 radical (unpaired) electrons. The van der Waals surface area contributed by atoms with Gasteiger partial charge in [0.25, 0.3) is 0 Å². The summed E-state index contributed by atoms with van der Waals surface area (Å²) in [6.45, 7) is 0.0452. The number of pyridine rings is 1. The van der Waals surface area contributed by atoms with Crippen molar-refractivity contribution in [3.8, 4) is 0 Å². The molecule has 0 spiro atoms. The van der Waals surface area contributed by atoms with Gasteiger partial charge in [-0.3, -0.25) is 4.98 Å². The van der Waals surface area contributed by atoms with Gasteiger partial charge in [0.15, 0.2) is 0 Å². The van der Waals surface area contributed by atoms with Crippen molar-refractivity contribution in [2.24, 2.45) is 0 Å². The molecule has 0 aliphatic heterocycles. The highest BCUT2D eigenvalue weighted by molar-refractivity contribution is 9.10. The summed E-state index contributed by atoms with van der Waals surface area (Å²) in [5.74, 6) is 0. The molecule has 0 bridgehead atoms. The lowest BCUT2D eigenvalue weighted by atomic mass is 10.1. The maximum absolute atomic E-state index is 8.99. The highest BCUT2D eigenvalue weighted by atomic mass is 79.9. The van der Waals surface area contributed by atoms with E-state index in [1.807, 2.05) is 0 Å². The van der Waals surface area contributed by atoms with E-state index < -0.39 is 0 Å². The molecule has 1 heterocycles. The summed E-state index contributed by atoms with van der Waals surface area (Å²) in [5.41, 5.74) is 1.69. The van der Waals surface area contributed by atoms with Crippen LogP contribution in [0.4, 0.5) is 0 Å². The second kappa shape index (κ2) is 4.54. The molecular formula is C8H10BrNO2. The van der Waals surface area contributed by atoms with Gasteiger partial charge in [0.1, 0.15) is 0 Å². The van der Waals surface area contributed by atoms with Crippen molar-refractivity contribution >= 4 is 15.9 Å². The third-order valence-corrected chi connectivity index (χ3v) is 2.32. The first-order chi connectivity index (χ1) is 5.79. The van der Waals surface area contributed by atoms with Crippen LogP contribution in [0.3, 0.4) is 0 Å². The lowest BCUT2D eigenvalue weighted by Gasteiger charge is -2.06. The van der Waals surface area contributed by atoms with Gasteiger partial charge in [-0.15, -0.1) is 0 Å². The van der Waals surface area contributed by atoms with Crippen LogP contribution in [0.2, 0.25) is 0 Å². The maximum Gasteiger partial charge on any atom is 0.0696 e. The zero-order chi connectivity index (χ0) is 8.97. The zero-order valence-corrected chi connectivity index (χ0v) is 8.08. The van der Waals surface area contributed by atoms with Crippen LogP contribution in [-0.2, 0) is 13.0 Å². The molecule has 0 unspecified atom stereocenters. The van der Waals surface area contributed by atoms with Gasteiger partial charge in [0.2, 0.25) is 0 Å². The maximum atomic E-state index is 8.99. The first kappa shape index (κ1) is 9.64. The van der Waals surface area contributed by atoms with Crippen LogP contribution in [0.25, 0.3) is 0 Å². The summed E-state index contributed by atoms with van der Waals surface area (Å²) in [6, 6.07) is 0. The molecule has 0 atom stereocenters. The summed E-state index contributed by atoms with van der Waals surface area (Å²) < 4.78 is 0.788. The third-order valence-electron chi connectivity index (χ3n) is 1.63. The number of aliphatic hydroxyl groups is 2. The monoisotopic (exact) mass is 231 g/mol. The topological polar surface area (TPSA) is 53.4 Å². The van der Waals surface area contributed by atoms with Gasteiger partial charge in [0.05, 0.1) is 6.61 Å². The normalized spacial score (nSPS) is 10.2. The largest absolute Gasteiger partial charge is 0.396 e. The van der Waals surface area contributed by atoms with Gasteiger partial charge in [-0.2, -0.15) is 0 Å². The average Bonchev–Trinajstić information content (AvgIpc) is 2.05. The highest BCUT2D eigenvalue weighted by Gasteiger charge is 2.04. The Bertz CT molecular complexity index is 265. The summed E-state index contributed by atoms with van der Waals surface area (Å²) in [7, 11) is 0. The fourth-order valence-corrected chi connectivity index (χ4v) is 1.51. The molecular weight excluding hydrogens is 222 g/mol. The molecule has 0 aliphatic carbocycles. The van der Waals surface area contributed by atoms with E-state index >= 15 is 0 Å². The Kier molecular flexibility index (Phi) is 3.65. The minimum atomic E-state index is -0.0293. The highest BCUT2D eigenvalue weighted by Crippen LogP contribution is 2.19. The Hall–Kier alpha value is -0.450. The van der Waals surface area contributed by atoms with Gasteiger partial charge in [-0.1, -0.05) is 0 Å². The third kappa shape index (κ3) is 2.03. The molecule has 4 heteroatoms. The van der Waals surface area contributed by atoms with E-state index in [0.717, 1.165) is 15.6 Å². The number of nitrogens with zero attached hydrogens (tertiary/aromatic N) is 1. The SMILES string of the molecule is OCCc1cncc(Br)c1CO. The van der Waals surface area contributed by atoms with Crippen molar-refractivity contribution in [1.29, 1.82) is 0 Å². The number of hydrogen-bond acceptors (Lipinski definition) is 3. The van der Waals surface area contributed by atoms with Crippen LogP contribution >= 0.6 is 15.9 Å². The summed E-state index contributed by atoms with van der Waals surface area (Å²) in [4.78, 5) is 3.94. The van der Waals surface area contributed by atoms with Crippen LogP contribution in [0.5, 0.6) is 0 Å². The Labute approximate surface area is 79.2 Å². The van der Waals surface area contributed by atoms with Crippen molar-refractivity contribution < 1.29 is 10.2 Å². The van der Waals surface area contributed by atoms with Crippen molar-refractivity contribution in [2.75, 3.05) is 6.61 Å². The van der Waals surface area contributed by atoms with E-state index in [-0.39, 0.29) is 13.2 Å². The summed E-state index contributed by atoms with van der Waals surface area (Å²) in [6.07, 6.45) is 3.82. The van der Waals surface area contributed by atoms with Gasteiger partial charge >= 0.3 is 0 Å². The molecule has 0 aromatic carbocycles. The molecule has 0 aliphatic rings. The van der Waals surface area contributed by atoms with E-state index in [2.05, 4.69) is 20.9 Å². The molecule has 1 aromatic heterocycles. The zero-order valence-electron chi connectivity index (χ0n) is 6.50. The number of hydrogen-bond donors (Lipinski definition) is 2. The number of aliphatic hydroxyl groups excluding tert-OH is 2. The van der Waals surface area contributed by atoms with Crippen LogP contribution in [-0.4, -0.2) is 21.8 Å². The van der Waals surface area contributed by atoms with E-state index in [1.165, 1.54) is 0 Å². The van der Waals surface area contributed by atoms with E-state index in [0.29, 0.717) is 6.42 Å². The van der Waals surface area contributed by atoms with E-state index in [1.54, 1.807) is 12.4 Å². The lowest BCUT2D eigenvalue weighted by molar-refractivity contribution is 0.275. The van der Waals surface area contributed by atoms with E-state index in [9.17, 15) is 0 Å². The average molecular weight is 232 g/mol. The second-order valence-electron chi connectivity index (χ2n) is 2.39. The molecule has 3 nitrogen and oxygen atoms in total. The van der Waals surface area contributed by atoms with Gasteiger partial charge in [-0.05, 0) is 33.5 Å². The fourth-order valence-electron chi connectivity index (χ4n) is 1.01. The Morgan fingerprint density at radius 2 is 2.08 bits per heavy atom. The molecule has 0 amide bonds. The quantitative estimate of drug-likeness (QED) is 0.812. The second-order valence-corrected chi connectivity index (χ2v) is 3.25. The molecule has 1 aromatic rings. The van der Waals surface area contributed by atoms with Gasteiger partial charge < -0.3 is 10.2 Å². The van der Waals surface area contributed by atoms with Crippen LogP contribution < -0.4 is 0 Å². The fraction of sp³-hybridized carbons (Fsp3) is 0.375. The van der Waals surface area contributed by atoms with Gasteiger partial charge in [-0.25, -0.2) is 0 Å². The number of aromatic nitrogens is 1. The minimum Gasteiger partial charge on any atom is -0.396 e.